The lowest BCUT2D eigenvalue weighted by atomic mass is 10.0. The van der Waals surface area contributed by atoms with Crippen LogP contribution in [0.3, 0.4) is 0 Å². The maximum atomic E-state index is 13.2. The summed E-state index contributed by atoms with van der Waals surface area (Å²) in [5.74, 6) is 1.42. The van der Waals surface area contributed by atoms with E-state index < -0.39 is 0 Å². The van der Waals surface area contributed by atoms with Crippen LogP contribution in [-0.4, -0.2) is 30.6 Å². The molecule has 26 heavy (non-hydrogen) atoms. The fourth-order valence-corrected chi connectivity index (χ4v) is 3.29. The number of benzene rings is 2. The van der Waals surface area contributed by atoms with Crippen LogP contribution in [-0.2, 0) is 0 Å². The first-order chi connectivity index (χ1) is 12.6. The maximum Gasteiger partial charge on any atom is 0.258 e. The number of hydrogen-bond donors (Lipinski definition) is 1. The van der Waals surface area contributed by atoms with Crippen LogP contribution in [0.15, 0.2) is 42.5 Å². The number of hydrogen-bond acceptors (Lipinski definition) is 4. The molecule has 1 aliphatic heterocycles. The summed E-state index contributed by atoms with van der Waals surface area (Å²) in [5.41, 5.74) is 2.53. The minimum Gasteiger partial charge on any atom is -0.493 e. The Morgan fingerprint density at radius 2 is 1.92 bits per heavy atom. The number of nitrogens with one attached hydrogen (secondary N) is 1. The van der Waals surface area contributed by atoms with Gasteiger partial charge in [-0.3, -0.25) is 4.79 Å². The van der Waals surface area contributed by atoms with Crippen molar-refractivity contribution in [3.05, 3.63) is 53.6 Å². The molecule has 0 bridgehead atoms. The lowest BCUT2D eigenvalue weighted by Crippen LogP contribution is -2.47. The second kappa shape index (κ2) is 7.68. The molecule has 1 heterocycles. The van der Waals surface area contributed by atoms with E-state index in [0.717, 1.165) is 17.7 Å². The van der Waals surface area contributed by atoms with E-state index in [0.29, 0.717) is 23.7 Å². The Labute approximate surface area is 154 Å². The highest BCUT2D eigenvalue weighted by atomic mass is 16.5. The fraction of sp³-hybridized carbons (Fsp3) is 0.381. The molecule has 0 radical (unpaired) electrons. The minimum absolute atomic E-state index is 0.0477. The van der Waals surface area contributed by atoms with Crippen LogP contribution in [0.25, 0.3) is 0 Å². The Hall–Kier alpha value is -2.69. The summed E-state index contributed by atoms with van der Waals surface area (Å²) in [6.45, 7) is 6.68. The third kappa shape index (κ3) is 3.21. The van der Waals surface area contributed by atoms with Crippen molar-refractivity contribution in [2.75, 3.05) is 19.0 Å². The van der Waals surface area contributed by atoms with Gasteiger partial charge in [0.2, 0.25) is 0 Å². The maximum absolute atomic E-state index is 13.2. The Morgan fingerprint density at radius 3 is 2.62 bits per heavy atom. The molecule has 0 aromatic heterocycles. The number of rotatable bonds is 6. The van der Waals surface area contributed by atoms with Crippen LogP contribution >= 0.6 is 0 Å². The number of methoxy groups -OCH3 is 1. The SMILES string of the molecule is CCOc1ccc([C@H]2Nc3ccccc3C(=O)N2[C@@H](C)CC)cc1OC. The predicted octanol–water partition coefficient (Wildman–Crippen LogP) is 4.46. The largest absolute Gasteiger partial charge is 0.493 e. The standard InChI is InChI=1S/C21H26N2O3/c1-5-14(3)23-20(22-17-10-8-7-9-16(17)21(23)24)15-11-12-18(26-6-2)19(13-15)25-4/h7-14,20,22H,5-6H2,1-4H3/t14-,20-/m0/s1. The number of fused-ring (bicyclic) bond motifs is 1. The average Bonchev–Trinajstić information content (AvgIpc) is 2.68. The zero-order valence-corrected chi connectivity index (χ0v) is 15.8. The molecular weight excluding hydrogens is 328 g/mol. The summed E-state index contributed by atoms with van der Waals surface area (Å²) in [4.78, 5) is 15.1. The van der Waals surface area contributed by atoms with Gasteiger partial charge in [-0.1, -0.05) is 25.1 Å². The predicted molar refractivity (Wildman–Crippen MR) is 103 cm³/mol. The second-order valence-corrected chi connectivity index (χ2v) is 6.41. The topological polar surface area (TPSA) is 50.8 Å². The molecule has 2 aromatic carbocycles. The van der Waals surface area contributed by atoms with Gasteiger partial charge in [-0.2, -0.15) is 0 Å². The van der Waals surface area contributed by atoms with Gasteiger partial charge in [0, 0.05) is 11.7 Å². The Bertz CT molecular complexity index is 791. The molecule has 0 fully saturated rings. The van der Waals surface area contributed by atoms with Crippen molar-refractivity contribution in [3.8, 4) is 11.5 Å². The smallest absolute Gasteiger partial charge is 0.258 e. The summed E-state index contributed by atoms with van der Waals surface area (Å²) >= 11 is 0. The van der Waals surface area contributed by atoms with Crippen LogP contribution in [0.4, 0.5) is 5.69 Å². The van der Waals surface area contributed by atoms with Crippen molar-refractivity contribution in [3.63, 3.8) is 0 Å². The van der Waals surface area contributed by atoms with E-state index in [1.54, 1.807) is 7.11 Å². The third-order valence-corrected chi connectivity index (χ3v) is 4.83. The van der Waals surface area contributed by atoms with E-state index >= 15 is 0 Å². The molecule has 0 spiro atoms. The highest BCUT2D eigenvalue weighted by Gasteiger charge is 2.35. The van der Waals surface area contributed by atoms with Crippen molar-refractivity contribution in [2.45, 2.75) is 39.4 Å². The summed E-state index contributed by atoms with van der Waals surface area (Å²) in [7, 11) is 1.63. The van der Waals surface area contributed by atoms with Gasteiger partial charge in [0.25, 0.3) is 5.91 Å². The van der Waals surface area contributed by atoms with Gasteiger partial charge < -0.3 is 19.7 Å². The third-order valence-electron chi connectivity index (χ3n) is 4.83. The van der Waals surface area contributed by atoms with Crippen LogP contribution in [0.1, 0.15) is 49.3 Å². The number of anilines is 1. The summed E-state index contributed by atoms with van der Waals surface area (Å²) < 4.78 is 11.1. The quantitative estimate of drug-likeness (QED) is 0.832. The molecule has 0 saturated heterocycles. The van der Waals surface area contributed by atoms with E-state index in [9.17, 15) is 4.79 Å². The van der Waals surface area contributed by atoms with Crippen molar-refractivity contribution < 1.29 is 14.3 Å². The van der Waals surface area contributed by atoms with Gasteiger partial charge >= 0.3 is 0 Å². The summed E-state index contributed by atoms with van der Waals surface area (Å²) in [6.07, 6.45) is 0.622. The lowest BCUT2D eigenvalue weighted by molar-refractivity contribution is 0.0593. The fourth-order valence-electron chi connectivity index (χ4n) is 3.29. The number of para-hydroxylation sites is 1. The molecule has 0 aliphatic carbocycles. The van der Waals surface area contributed by atoms with Gasteiger partial charge in [0.15, 0.2) is 11.5 Å². The average molecular weight is 354 g/mol. The molecule has 0 unspecified atom stereocenters. The van der Waals surface area contributed by atoms with E-state index in [2.05, 4.69) is 19.2 Å². The van der Waals surface area contributed by atoms with Gasteiger partial charge in [-0.25, -0.2) is 0 Å². The van der Waals surface area contributed by atoms with E-state index in [1.165, 1.54) is 0 Å². The molecule has 2 atom stereocenters. The zero-order chi connectivity index (χ0) is 18.7. The molecule has 1 amide bonds. The van der Waals surface area contributed by atoms with Crippen LogP contribution in [0.5, 0.6) is 11.5 Å². The molecule has 0 saturated carbocycles. The molecule has 1 aliphatic rings. The second-order valence-electron chi connectivity index (χ2n) is 6.41. The minimum atomic E-state index is -0.253. The van der Waals surface area contributed by atoms with Crippen molar-refractivity contribution in [1.29, 1.82) is 0 Å². The number of carbonyl (C=O) groups is 1. The Morgan fingerprint density at radius 1 is 1.15 bits per heavy atom. The Balaban J connectivity index is 2.05. The molecule has 5 nitrogen and oxygen atoms in total. The Kier molecular flexibility index (Phi) is 5.35. The number of amides is 1. The first-order valence-corrected chi connectivity index (χ1v) is 9.09. The zero-order valence-electron chi connectivity index (χ0n) is 15.8. The van der Waals surface area contributed by atoms with E-state index in [-0.39, 0.29) is 18.1 Å². The van der Waals surface area contributed by atoms with Gasteiger partial charge in [0.05, 0.1) is 19.3 Å². The monoisotopic (exact) mass is 354 g/mol. The highest BCUT2D eigenvalue weighted by molar-refractivity contribution is 6.01. The molecule has 3 rings (SSSR count). The van der Waals surface area contributed by atoms with Crippen molar-refractivity contribution in [2.24, 2.45) is 0 Å². The highest BCUT2D eigenvalue weighted by Crippen LogP contribution is 2.38. The van der Waals surface area contributed by atoms with Crippen LogP contribution < -0.4 is 14.8 Å². The number of ether oxygens (including phenoxy) is 2. The molecular formula is C21H26N2O3. The van der Waals surface area contributed by atoms with Crippen LogP contribution in [0, 0.1) is 0 Å². The molecule has 1 N–H and O–H groups in total. The van der Waals surface area contributed by atoms with Crippen molar-refractivity contribution in [1.82, 2.24) is 4.90 Å². The summed E-state index contributed by atoms with van der Waals surface area (Å²) in [6, 6.07) is 13.6. The normalized spacial score (nSPS) is 17.3. The first-order valence-electron chi connectivity index (χ1n) is 9.09. The van der Waals surface area contributed by atoms with Gasteiger partial charge in [-0.05, 0) is 50.1 Å². The molecule has 138 valence electrons. The van der Waals surface area contributed by atoms with E-state index in [4.69, 9.17) is 9.47 Å². The van der Waals surface area contributed by atoms with Gasteiger partial charge in [-0.15, -0.1) is 0 Å². The van der Waals surface area contributed by atoms with Crippen molar-refractivity contribution >= 4 is 11.6 Å². The number of nitrogens with zero attached hydrogens (tertiary/aromatic N) is 1. The summed E-state index contributed by atoms with van der Waals surface area (Å²) in [5, 5.41) is 3.52. The lowest BCUT2D eigenvalue weighted by Gasteiger charge is -2.41. The van der Waals surface area contributed by atoms with E-state index in [1.807, 2.05) is 54.3 Å². The number of carbonyl (C=O) groups excluding carboxylic acids is 1. The first kappa shape index (κ1) is 18.1. The molecule has 2 aromatic rings. The van der Waals surface area contributed by atoms with Gasteiger partial charge in [0.1, 0.15) is 6.17 Å². The van der Waals surface area contributed by atoms with Crippen LogP contribution in [0.2, 0.25) is 0 Å². The molecule has 5 heteroatoms.